The van der Waals surface area contributed by atoms with Crippen LogP contribution in [0.2, 0.25) is 0 Å². The van der Waals surface area contributed by atoms with Crippen molar-refractivity contribution in [3.63, 3.8) is 0 Å². The number of nitrogens with zero attached hydrogens (tertiary/aromatic N) is 1. The Hall–Kier alpha value is -4.57. The number of aryl methyl sites for hydroxylation is 1. The van der Waals surface area contributed by atoms with E-state index in [-0.39, 0.29) is 5.78 Å². The minimum absolute atomic E-state index is 0.276. The van der Waals surface area contributed by atoms with Crippen molar-refractivity contribution in [3.8, 4) is 11.3 Å². The van der Waals surface area contributed by atoms with Crippen LogP contribution in [0, 0.1) is 6.92 Å². The second-order valence-electron chi connectivity index (χ2n) is 8.36. The van der Waals surface area contributed by atoms with Crippen LogP contribution in [-0.2, 0) is 4.74 Å². The number of aromatic nitrogens is 1. The van der Waals surface area contributed by atoms with Crippen molar-refractivity contribution in [3.05, 3.63) is 138 Å². The van der Waals surface area contributed by atoms with Crippen molar-refractivity contribution in [2.45, 2.75) is 13.0 Å². The van der Waals surface area contributed by atoms with E-state index in [1.807, 2.05) is 79.7 Å². The number of ketones is 1. The van der Waals surface area contributed by atoms with E-state index in [4.69, 9.17) is 9.72 Å². The van der Waals surface area contributed by atoms with Gasteiger partial charge in [-0.1, -0.05) is 109 Å². The molecule has 35 heavy (non-hydrogen) atoms. The van der Waals surface area contributed by atoms with Crippen LogP contribution in [0.15, 0.2) is 115 Å². The van der Waals surface area contributed by atoms with Crippen LogP contribution in [-0.4, -0.2) is 16.7 Å². The lowest BCUT2D eigenvalue weighted by Crippen LogP contribution is -2.20. The molecule has 1 heterocycles. The van der Waals surface area contributed by atoms with Gasteiger partial charge in [-0.05, 0) is 19.1 Å². The van der Waals surface area contributed by atoms with Crippen molar-refractivity contribution in [2.75, 3.05) is 0 Å². The van der Waals surface area contributed by atoms with Crippen LogP contribution in [0.3, 0.4) is 0 Å². The van der Waals surface area contributed by atoms with E-state index in [1.54, 1.807) is 42.5 Å². The van der Waals surface area contributed by atoms with E-state index in [0.29, 0.717) is 33.3 Å². The molecule has 4 aromatic carbocycles. The third-order valence-electron chi connectivity index (χ3n) is 5.91. The Labute approximate surface area is 203 Å². The van der Waals surface area contributed by atoms with Gasteiger partial charge in [-0.3, -0.25) is 4.79 Å². The molecule has 0 aliphatic rings. The number of Topliss-reactive ketones (excluding diaryl/α,β-unsaturated/α-hetero) is 1. The summed E-state index contributed by atoms with van der Waals surface area (Å²) in [6.45, 7) is 2.02. The Bertz CT molecular complexity index is 1490. The van der Waals surface area contributed by atoms with E-state index in [0.717, 1.165) is 11.1 Å². The smallest absolute Gasteiger partial charge is 0.339 e. The Balaban J connectivity index is 1.57. The van der Waals surface area contributed by atoms with E-state index < -0.39 is 12.1 Å². The van der Waals surface area contributed by atoms with Gasteiger partial charge in [0, 0.05) is 22.1 Å². The number of benzene rings is 4. The maximum atomic E-state index is 13.6. The summed E-state index contributed by atoms with van der Waals surface area (Å²) < 4.78 is 5.94. The molecule has 0 saturated carbocycles. The first-order chi connectivity index (χ1) is 17.1. The molecule has 5 rings (SSSR count). The molecule has 4 nitrogen and oxygen atoms in total. The first kappa shape index (κ1) is 22.2. The molecule has 5 aromatic rings. The molecule has 4 heteroatoms. The number of fused-ring (bicyclic) bond motifs is 1. The van der Waals surface area contributed by atoms with Gasteiger partial charge in [0.25, 0.3) is 0 Å². The predicted molar refractivity (Wildman–Crippen MR) is 137 cm³/mol. The number of esters is 1. The van der Waals surface area contributed by atoms with E-state index in [1.165, 1.54) is 0 Å². The number of hydrogen-bond donors (Lipinski definition) is 0. The summed E-state index contributed by atoms with van der Waals surface area (Å²) in [7, 11) is 0. The first-order valence-electron chi connectivity index (χ1n) is 11.4. The van der Waals surface area contributed by atoms with Crippen molar-refractivity contribution < 1.29 is 14.3 Å². The van der Waals surface area contributed by atoms with Crippen LogP contribution >= 0.6 is 0 Å². The summed E-state index contributed by atoms with van der Waals surface area (Å²) in [5.74, 6) is -0.850. The topological polar surface area (TPSA) is 56.3 Å². The quantitative estimate of drug-likeness (QED) is 0.204. The fourth-order valence-electron chi connectivity index (χ4n) is 4.04. The van der Waals surface area contributed by atoms with Crippen molar-refractivity contribution in [2.24, 2.45) is 0 Å². The number of para-hydroxylation sites is 1. The van der Waals surface area contributed by atoms with Crippen molar-refractivity contribution in [1.82, 2.24) is 4.98 Å². The molecule has 0 fully saturated rings. The number of carbonyl (C=O) groups is 2. The molecule has 1 aromatic heterocycles. The second kappa shape index (κ2) is 9.74. The number of pyridine rings is 1. The maximum Gasteiger partial charge on any atom is 0.339 e. The molecular formula is C31H23NO3. The second-order valence-corrected chi connectivity index (χ2v) is 8.36. The molecule has 0 N–H and O–H groups in total. The SMILES string of the molecule is Cc1ccc(-c2cc(C(=O)OC(C(=O)c3ccccc3)c3ccccc3)c3ccccc3n2)cc1. The lowest BCUT2D eigenvalue weighted by molar-refractivity contribution is 0.0282. The summed E-state index contributed by atoms with van der Waals surface area (Å²) in [5, 5.41) is 0.673. The molecule has 170 valence electrons. The van der Waals surface area contributed by atoms with Gasteiger partial charge >= 0.3 is 5.97 Å². The summed E-state index contributed by atoms with van der Waals surface area (Å²) in [6, 6.07) is 35.1. The number of hydrogen-bond acceptors (Lipinski definition) is 4. The zero-order chi connectivity index (χ0) is 24.2. The van der Waals surface area contributed by atoms with Gasteiger partial charge in [0.2, 0.25) is 5.78 Å². The van der Waals surface area contributed by atoms with Gasteiger partial charge < -0.3 is 4.74 Å². The van der Waals surface area contributed by atoms with Crippen LogP contribution in [0.4, 0.5) is 0 Å². The number of carbonyl (C=O) groups excluding carboxylic acids is 2. The monoisotopic (exact) mass is 457 g/mol. The fraction of sp³-hybridized carbons (Fsp3) is 0.0645. The zero-order valence-corrected chi connectivity index (χ0v) is 19.2. The summed E-state index contributed by atoms with van der Waals surface area (Å²) in [4.78, 5) is 31.8. The van der Waals surface area contributed by atoms with Gasteiger partial charge in [0.05, 0.1) is 16.8 Å². The molecule has 0 saturated heterocycles. The Morgan fingerprint density at radius 3 is 2.09 bits per heavy atom. The lowest BCUT2D eigenvalue weighted by atomic mass is 9.99. The van der Waals surface area contributed by atoms with Crippen molar-refractivity contribution in [1.29, 1.82) is 0 Å². The Kier molecular flexibility index (Phi) is 6.18. The van der Waals surface area contributed by atoms with E-state index in [2.05, 4.69) is 0 Å². The molecule has 0 aliphatic heterocycles. The highest BCUT2D eigenvalue weighted by Gasteiger charge is 2.27. The molecule has 0 amide bonds. The largest absolute Gasteiger partial charge is 0.445 e. The Morgan fingerprint density at radius 1 is 0.743 bits per heavy atom. The highest BCUT2D eigenvalue weighted by molar-refractivity contribution is 6.07. The number of ether oxygens (including phenoxy) is 1. The molecule has 0 bridgehead atoms. The van der Waals surface area contributed by atoms with Gasteiger partial charge in [-0.2, -0.15) is 0 Å². The minimum atomic E-state index is -1.07. The van der Waals surface area contributed by atoms with Gasteiger partial charge in [0.1, 0.15) is 0 Å². The van der Waals surface area contributed by atoms with Gasteiger partial charge in [-0.15, -0.1) is 0 Å². The minimum Gasteiger partial charge on any atom is -0.445 e. The Morgan fingerprint density at radius 2 is 1.37 bits per heavy atom. The first-order valence-corrected chi connectivity index (χ1v) is 11.4. The molecule has 1 unspecified atom stereocenters. The van der Waals surface area contributed by atoms with Crippen LogP contribution < -0.4 is 0 Å². The summed E-state index contributed by atoms with van der Waals surface area (Å²) in [6.07, 6.45) is -1.07. The molecule has 1 atom stereocenters. The molecule has 0 aliphatic carbocycles. The highest BCUT2D eigenvalue weighted by atomic mass is 16.5. The summed E-state index contributed by atoms with van der Waals surface area (Å²) in [5.41, 5.74) is 4.85. The average molecular weight is 458 g/mol. The maximum absolute atomic E-state index is 13.6. The number of rotatable bonds is 6. The zero-order valence-electron chi connectivity index (χ0n) is 19.2. The van der Waals surface area contributed by atoms with Gasteiger partial charge in [-0.25, -0.2) is 9.78 Å². The molecular weight excluding hydrogens is 434 g/mol. The molecule has 0 spiro atoms. The lowest BCUT2D eigenvalue weighted by Gasteiger charge is -2.18. The third-order valence-corrected chi connectivity index (χ3v) is 5.91. The van der Waals surface area contributed by atoms with Gasteiger partial charge in [0.15, 0.2) is 6.10 Å². The van der Waals surface area contributed by atoms with E-state index in [9.17, 15) is 9.59 Å². The average Bonchev–Trinajstić information content (AvgIpc) is 2.92. The molecule has 0 radical (unpaired) electrons. The van der Waals surface area contributed by atoms with Crippen LogP contribution in [0.5, 0.6) is 0 Å². The third kappa shape index (κ3) is 4.73. The predicted octanol–water partition coefficient (Wildman–Crippen LogP) is 6.99. The normalized spacial score (nSPS) is 11.7. The van der Waals surface area contributed by atoms with E-state index >= 15 is 0 Å². The standard InChI is InChI=1S/C31H23NO3/c1-21-16-18-22(19-17-21)28-20-26(25-14-8-9-15-27(25)32-28)31(34)35-30(24-12-6-3-7-13-24)29(33)23-10-4-2-5-11-23/h2-20,30H,1H3. The fourth-order valence-corrected chi connectivity index (χ4v) is 4.04. The van der Waals surface area contributed by atoms with Crippen LogP contribution in [0.25, 0.3) is 22.2 Å². The van der Waals surface area contributed by atoms with Crippen molar-refractivity contribution >= 4 is 22.7 Å². The summed E-state index contributed by atoms with van der Waals surface area (Å²) >= 11 is 0. The van der Waals surface area contributed by atoms with Crippen LogP contribution in [0.1, 0.15) is 37.9 Å². The highest BCUT2D eigenvalue weighted by Crippen LogP contribution is 2.29.